The van der Waals surface area contributed by atoms with E-state index in [4.69, 9.17) is 39.5 Å². The molecular formula is C34H37Cl3N4O4. The van der Waals surface area contributed by atoms with Crippen LogP contribution in [0, 0.1) is 0 Å². The van der Waals surface area contributed by atoms with E-state index in [1.807, 2.05) is 6.07 Å². The van der Waals surface area contributed by atoms with Crippen molar-refractivity contribution in [1.82, 2.24) is 9.78 Å². The number of nitrogens with zero attached hydrogens (tertiary/aromatic N) is 1. The molecular weight excluding hydrogens is 635 g/mol. The van der Waals surface area contributed by atoms with E-state index in [0.29, 0.717) is 22.1 Å². The molecule has 0 saturated heterocycles. The first-order valence-corrected chi connectivity index (χ1v) is 15.7. The Morgan fingerprint density at radius 1 is 0.844 bits per heavy atom. The maximum Gasteiger partial charge on any atom is 0.273 e. The van der Waals surface area contributed by atoms with Crippen molar-refractivity contribution in [2.45, 2.75) is 65.2 Å². The van der Waals surface area contributed by atoms with E-state index in [0.717, 1.165) is 29.2 Å². The topological polar surface area (TPSA) is 105 Å². The van der Waals surface area contributed by atoms with Crippen LogP contribution in [0.4, 0.5) is 11.4 Å². The summed E-state index contributed by atoms with van der Waals surface area (Å²) in [6, 6.07) is 16.9. The van der Waals surface area contributed by atoms with Crippen LogP contribution in [0.3, 0.4) is 0 Å². The van der Waals surface area contributed by atoms with Crippen LogP contribution < -0.4 is 20.9 Å². The Balaban J connectivity index is 1.44. The van der Waals surface area contributed by atoms with Gasteiger partial charge in [0.25, 0.3) is 17.4 Å². The number of ether oxygens (including phenoxy) is 1. The van der Waals surface area contributed by atoms with Crippen molar-refractivity contribution in [3.05, 3.63) is 103 Å². The monoisotopic (exact) mass is 670 g/mol. The van der Waals surface area contributed by atoms with Crippen LogP contribution in [0.1, 0.15) is 76.0 Å². The SMILES string of the molecule is CCC(C)(C)c1ccc(OCC(=O)Nc2cccc(NC(=O)c3cc(=O)n(-c4c(Cl)cc(Cl)cc4Cl)[nH]3)c2)c(C(C)(C)CC)c1. The second-order valence-corrected chi connectivity index (χ2v) is 13.4. The van der Waals surface area contributed by atoms with Crippen molar-refractivity contribution in [2.75, 3.05) is 17.2 Å². The highest BCUT2D eigenvalue weighted by Gasteiger charge is 2.27. The van der Waals surface area contributed by atoms with Crippen LogP contribution in [0.5, 0.6) is 5.75 Å². The maximum absolute atomic E-state index is 13.0. The molecule has 3 aromatic carbocycles. The molecule has 0 spiro atoms. The van der Waals surface area contributed by atoms with Crippen molar-refractivity contribution >= 4 is 58.0 Å². The van der Waals surface area contributed by atoms with Crippen molar-refractivity contribution < 1.29 is 14.3 Å². The van der Waals surface area contributed by atoms with E-state index in [9.17, 15) is 14.4 Å². The minimum Gasteiger partial charge on any atom is -0.483 e. The third kappa shape index (κ3) is 7.93. The zero-order valence-corrected chi connectivity index (χ0v) is 28.4. The number of rotatable bonds is 11. The number of hydrogen-bond acceptors (Lipinski definition) is 4. The fraction of sp³-hybridized carbons (Fsp3) is 0.324. The van der Waals surface area contributed by atoms with Gasteiger partial charge in [0.15, 0.2) is 6.61 Å². The number of carbonyl (C=O) groups is 2. The molecule has 238 valence electrons. The molecule has 4 rings (SSSR count). The van der Waals surface area contributed by atoms with Crippen molar-refractivity contribution in [1.29, 1.82) is 0 Å². The quantitative estimate of drug-likeness (QED) is 0.148. The summed E-state index contributed by atoms with van der Waals surface area (Å²) in [5.41, 5.74) is 2.64. The Kier molecular flexibility index (Phi) is 10.4. The summed E-state index contributed by atoms with van der Waals surface area (Å²) < 4.78 is 7.11. The lowest BCUT2D eigenvalue weighted by atomic mass is 9.76. The Morgan fingerprint density at radius 2 is 1.47 bits per heavy atom. The number of benzene rings is 3. The van der Waals surface area contributed by atoms with Crippen LogP contribution in [-0.4, -0.2) is 28.2 Å². The molecule has 0 saturated carbocycles. The molecule has 0 atom stereocenters. The Labute approximate surface area is 278 Å². The van der Waals surface area contributed by atoms with Crippen LogP contribution in [0.25, 0.3) is 5.69 Å². The second-order valence-electron chi connectivity index (χ2n) is 12.1. The van der Waals surface area contributed by atoms with Gasteiger partial charge in [-0.25, -0.2) is 4.68 Å². The molecule has 0 radical (unpaired) electrons. The van der Waals surface area contributed by atoms with E-state index in [1.165, 1.54) is 17.7 Å². The predicted molar refractivity (Wildman–Crippen MR) is 183 cm³/mol. The molecule has 0 aliphatic carbocycles. The summed E-state index contributed by atoms with van der Waals surface area (Å²) >= 11 is 18.5. The number of hydrogen-bond donors (Lipinski definition) is 3. The number of amides is 2. The van der Waals surface area contributed by atoms with Crippen molar-refractivity contribution in [3.8, 4) is 11.4 Å². The van der Waals surface area contributed by atoms with E-state index < -0.39 is 11.5 Å². The van der Waals surface area contributed by atoms with Gasteiger partial charge in [-0.05, 0) is 65.6 Å². The minimum absolute atomic E-state index is 0.0202. The largest absolute Gasteiger partial charge is 0.483 e. The zero-order chi connectivity index (χ0) is 33.1. The molecule has 0 aliphatic rings. The van der Waals surface area contributed by atoms with Gasteiger partial charge >= 0.3 is 0 Å². The van der Waals surface area contributed by atoms with Crippen LogP contribution in [-0.2, 0) is 15.6 Å². The molecule has 0 fully saturated rings. The highest BCUT2D eigenvalue weighted by Crippen LogP contribution is 2.38. The predicted octanol–water partition coefficient (Wildman–Crippen LogP) is 8.77. The molecule has 8 nitrogen and oxygen atoms in total. The summed E-state index contributed by atoms with van der Waals surface area (Å²) in [6.45, 7) is 12.9. The van der Waals surface area contributed by atoms with Gasteiger partial charge in [-0.3, -0.25) is 19.5 Å². The van der Waals surface area contributed by atoms with Gasteiger partial charge in [-0.15, -0.1) is 0 Å². The number of aromatic amines is 1. The van der Waals surface area contributed by atoms with E-state index in [2.05, 4.69) is 69.4 Å². The summed E-state index contributed by atoms with van der Waals surface area (Å²) in [5, 5.41) is 8.84. The number of H-pyrrole nitrogens is 1. The minimum atomic E-state index is -0.584. The molecule has 11 heteroatoms. The lowest BCUT2D eigenvalue weighted by Gasteiger charge is -2.30. The number of anilines is 2. The van der Waals surface area contributed by atoms with E-state index >= 15 is 0 Å². The molecule has 0 aliphatic heterocycles. The molecule has 2 amide bonds. The fourth-order valence-electron chi connectivity index (χ4n) is 4.64. The number of nitrogens with one attached hydrogen (secondary N) is 3. The van der Waals surface area contributed by atoms with E-state index in [-0.39, 0.29) is 44.8 Å². The van der Waals surface area contributed by atoms with Gasteiger partial charge in [0.1, 0.15) is 17.1 Å². The standard InChI is InChI=1S/C34H37Cl3N4O4/c1-7-33(3,4)20-12-13-28(24(14-20)34(5,6)8-2)45-19-29(42)38-22-10-9-11-23(17-22)39-32(44)27-18-30(43)41(40-27)31-25(36)15-21(35)16-26(31)37/h9-18,40H,7-8,19H2,1-6H3,(H,38,42)(H,39,44). The summed E-state index contributed by atoms with van der Waals surface area (Å²) in [4.78, 5) is 38.5. The normalized spacial score (nSPS) is 11.8. The van der Waals surface area contributed by atoms with Crippen LogP contribution in [0.2, 0.25) is 15.1 Å². The van der Waals surface area contributed by atoms with E-state index in [1.54, 1.807) is 24.3 Å². The van der Waals surface area contributed by atoms with Gasteiger partial charge in [-0.2, -0.15) is 0 Å². The first kappa shape index (κ1) is 34.2. The molecule has 0 bridgehead atoms. The summed E-state index contributed by atoms with van der Waals surface area (Å²) in [6.07, 6.45) is 1.91. The zero-order valence-electron chi connectivity index (χ0n) is 26.1. The summed E-state index contributed by atoms with van der Waals surface area (Å²) in [7, 11) is 0. The second kappa shape index (κ2) is 13.7. The lowest BCUT2D eigenvalue weighted by Crippen LogP contribution is -2.24. The molecule has 1 aromatic heterocycles. The summed E-state index contributed by atoms with van der Waals surface area (Å²) in [5.74, 6) is -0.259. The average Bonchev–Trinajstić information content (AvgIpc) is 3.36. The fourth-order valence-corrected chi connectivity index (χ4v) is 5.63. The first-order chi connectivity index (χ1) is 21.1. The Hall–Kier alpha value is -3.72. The third-order valence-electron chi connectivity index (χ3n) is 8.19. The Morgan fingerprint density at radius 3 is 2.09 bits per heavy atom. The number of carbonyl (C=O) groups excluding carboxylic acids is 2. The highest BCUT2D eigenvalue weighted by molar-refractivity contribution is 6.40. The number of aromatic nitrogens is 2. The molecule has 1 heterocycles. The lowest BCUT2D eigenvalue weighted by molar-refractivity contribution is -0.118. The molecule has 0 unspecified atom stereocenters. The van der Waals surface area contributed by atoms with Gasteiger partial charge < -0.3 is 15.4 Å². The third-order valence-corrected chi connectivity index (χ3v) is 8.99. The van der Waals surface area contributed by atoms with Gasteiger partial charge in [0, 0.05) is 28.0 Å². The van der Waals surface area contributed by atoms with Crippen molar-refractivity contribution in [3.63, 3.8) is 0 Å². The average molecular weight is 672 g/mol. The molecule has 45 heavy (non-hydrogen) atoms. The van der Waals surface area contributed by atoms with Crippen LogP contribution >= 0.6 is 34.8 Å². The van der Waals surface area contributed by atoms with Gasteiger partial charge in [0.2, 0.25) is 0 Å². The molecule has 3 N–H and O–H groups in total. The molecule has 4 aromatic rings. The highest BCUT2D eigenvalue weighted by atomic mass is 35.5. The van der Waals surface area contributed by atoms with Gasteiger partial charge in [0.05, 0.1) is 10.0 Å². The maximum atomic E-state index is 13.0. The van der Waals surface area contributed by atoms with Crippen molar-refractivity contribution in [2.24, 2.45) is 0 Å². The first-order valence-electron chi connectivity index (χ1n) is 14.6. The van der Waals surface area contributed by atoms with Gasteiger partial charge in [-0.1, -0.05) is 94.5 Å². The number of halogens is 3. The van der Waals surface area contributed by atoms with Crippen LogP contribution in [0.15, 0.2) is 65.5 Å². The smallest absolute Gasteiger partial charge is 0.273 e. The Bertz CT molecular complexity index is 1770.